The molecule has 1 heterocycles. The van der Waals surface area contributed by atoms with Crippen LogP contribution in [-0.4, -0.2) is 39.4 Å². The molecule has 172 valence electrons. The van der Waals surface area contributed by atoms with Crippen molar-refractivity contribution in [2.45, 2.75) is 11.7 Å². The minimum absolute atomic E-state index is 0.106. The Morgan fingerprint density at radius 3 is 2.73 bits per heavy atom. The van der Waals surface area contributed by atoms with Crippen LogP contribution in [0.2, 0.25) is 10.0 Å². The summed E-state index contributed by atoms with van der Waals surface area (Å²) in [6.07, 6.45) is 3.05. The molecule has 0 radical (unpaired) electrons. The average molecular weight is 506 g/mol. The number of ether oxygens (including phenoxy) is 1. The van der Waals surface area contributed by atoms with Crippen LogP contribution < -0.4 is 15.4 Å². The van der Waals surface area contributed by atoms with E-state index in [2.05, 4.69) is 20.8 Å². The summed E-state index contributed by atoms with van der Waals surface area (Å²) < 4.78 is 6.95. The molecule has 0 bridgehead atoms. The van der Waals surface area contributed by atoms with Gasteiger partial charge < -0.3 is 19.9 Å². The molecular weight excluding hydrogens is 485 g/mol. The van der Waals surface area contributed by atoms with Gasteiger partial charge in [-0.25, -0.2) is 0 Å². The highest BCUT2D eigenvalue weighted by molar-refractivity contribution is 7.99. The second kappa shape index (κ2) is 11.7. The van der Waals surface area contributed by atoms with Crippen LogP contribution in [0.3, 0.4) is 0 Å². The zero-order valence-corrected chi connectivity index (χ0v) is 20.2. The number of thioether (sulfide) groups is 1. The number of rotatable bonds is 9. The molecule has 2 N–H and O–H groups in total. The lowest BCUT2D eigenvalue weighted by molar-refractivity contribution is -0.116. The molecule has 0 spiro atoms. The summed E-state index contributed by atoms with van der Waals surface area (Å²) in [6, 6.07) is 12.2. The highest BCUT2D eigenvalue weighted by Crippen LogP contribution is 2.28. The van der Waals surface area contributed by atoms with E-state index in [1.807, 2.05) is 18.2 Å². The summed E-state index contributed by atoms with van der Waals surface area (Å²) >= 11 is 13.3. The van der Waals surface area contributed by atoms with Gasteiger partial charge in [0.05, 0.1) is 25.1 Å². The second-order valence-corrected chi connectivity index (χ2v) is 8.50. The first-order valence-corrected chi connectivity index (χ1v) is 11.5. The van der Waals surface area contributed by atoms with Crippen molar-refractivity contribution in [2.24, 2.45) is 7.05 Å². The van der Waals surface area contributed by atoms with Crippen molar-refractivity contribution in [3.8, 4) is 5.75 Å². The Bertz CT molecular complexity index is 1180. The van der Waals surface area contributed by atoms with Gasteiger partial charge in [0.2, 0.25) is 11.8 Å². The van der Waals surface area contributed by atoms with Crippen molar-refractivity contribution in [3.05, 3.63) is 70.0 Å². The van der Waals surface area contributed by atoms with Gasteiger partial charge in [-0.2, -0.15) is 0 Å². The molecule has 2 aromatic carbocycles. The number of anilines is 1. The summed E-state index contributed by atoms with van der Waals surface area (Å²) in [5.41, 5.74) is 1.24. The summed E-state index contributed by atoms with van der Waals surface area (Å²) in [5.74, 6) is 0.631. The quantitative estimate of drug-likeness (QED) is 0.334. The molecule has 0 fully saturated rings. The fraction of sp³-hybridized carbons (Fsp3) is 0.182. The number of nitrogens with zero attached hydrogens (tertiary/aromatic N) is 3. The van der Waals surface area contributed by atoms with E-state index in [-0.39, 0.29) is 24.1 Å². The normalized spacial score (nSPS) is 10.9. The maximum absolute atomic E-state index is 12.3. The van der Waals surface area contributed by atoms with Gasteiger partial charge in [0.1, 0.15) is 5.75 Å². The Kier molecular flexibility index (Phi) is 8.76. The Morgan fingerprint density at radius 1 is 1.18 bits per heavy atom. The first-order valence-electron chi connectivity index (χ1n) is 9.72. The molecular formula is C22H21Cl2N5O3S. The highest BCUT2D eigenvalue weighted by atomic mass is 35.5. The summed E-state index contributed by atoms with van der Waals surface area (Å²) in [4.78, 5) is 24.5. The number of aromatic nitrogens is 3. The lowest BCUT2D eigenvalue weighted by Crippen LogP contribution is -2.22. The van der Waals surface area contributed by atoms with Crippen molar-refractivity contribution in [1.82, 2.24) is 20.1 Å². The van der Waals surface area contributed by atoms with Crippen LogP contribution >= 0.6 is 35.0 Å². The first kappa shape index (κ1) is 24.6. The lowest BCUT2D eigenvalue weighted by Gasteiger charge is -2.10. The van der Waals surface area contributed by atoms with Gasteiger partial charge in [-0.3, -0.25) is 9.59 Å². The number of amides is 2. The van der Waals surface area contributed by atoms with E-state index < -0.39 is 0 Å². The SMILES string of the molecule is COc1ccc(Cl)cc1NC(=O)CSc1nnc(CNC(=O)/C=C/c2ccccc2Cl)n1C. The number of carbonyl (C=O) groups is 2. The molecule has 0 saturated heterocycles. The lowest BCUT2D eigenvalue weighted by atomic mass is 10.2. The van der Waals surface area contributed by atoms with Crippen LogP contribution in [0.25, 0.3) is 6.08 Å². The molecule has 2 amide bonds. The van der Waals surface area contributed by atoms with Gasteiger partial charge in [0.25, 0.3) is 0 Å². The smallest absolute Gasteiger partial charge is 0.244 e. The van der Waals surface area contributed by atoms with E-state index in [1.54, 1.807) is 42.0 Å². The molecule has 0 atom stereocenters. The fourth-order valence-corrected chi connectivity index (χ4v) is 3.82. The molecule has 3 aromatic rings. The van der Waals surface area contributed by atoms with Gasteiger partial charge in [0.15, 0.2) is 11.0 Å². The van der Waals surface area contributed by atoms with Crippen LogP contribution in [-0.2, 0) is 23.2 Å². The Labute approximate surface area is 205 Å². The van der Waals surface area contributed by atoms with E-state index in [4.69, 9.17) is 27.9 Å². The van der Waals surface area contributed by atoms with Crippen LogP contribution in [0.5, 0.6) is 5.75 Å². The summed E-state index contributed by atoms with van der Waals surface area (Å²) in [5, 5.41) is 15.3. The van der Waals surface area contributed by atoms with Crippen molar-refractivity contribution in [2.75, 3.05) is 18.2 Å². The summed E-state index contributed by atoms with van der Waals surface area (Å²) in [7, 11) is 3.28. The molecule has 0 unspecified atom stereocenters. The highest BCUT2D eigenvalue weighted by Gasteiger charge is 2.13. The van der Waals surface area contributed by atoms with Crippen molar-refractivity contribution in [3.63, 3.8) is 0 Å². The molecule has 0 aliphatic heterocycles. The van der Waals surface area contributed by atoms with Crippen molar-refractivity contribution >= 4 is 58.5 Å². The number of carbonyl (C=O) groups excluding carboxylic acids is 2. The first-order chi connectivity index (χ1) is 15.9. The average Bonchev–Trinajstić information content (AvgIpc) is 3.15. The van der Waals surface area contributed by atoms with E-state index in [0.29, 0.717) is 32.5 Å². The van der Waals surface area contributed by atoms with Crippen molar-refractivity contribution in [1.29, 1.82) is 0 Å². The van der Waals surface area contributed by atoms with Crippen LogP contribution in [0.15, 0.2) is 53.7 Å². The largest absolute Gasteiger partial charge is 0.495 e. The topological polar surface area (TPSA) is 98.1 Å². The van der Waals surface area contributed by atoms with E-state index >= 15 is 0 Å². The van der Waals surface area contributed by atoms with Gasteiger partial charge >= 0.3 is 0 Å². The molecule has 3 rings (SSSR count). The van der Waals surface area contributed by atoms with E-state index in [0.717, 1.165) is 5.56 Å². The molecule has 0 aliphatic carbocycles. The molecule has 0 saturated carbocycles. The minimum atomic E-state index is -0.290. The maximum atomic E-state index is 12.3. The second-order valence-electron chi connectivity index (χ2n) is 6.71. The minimum Gasteiger partial charge on any atom is -0.495 e. The third-order valence-corrected chi connectivity index (χ3v) is 6.03. The number of hydrogen-bond donors (Lipinski definition) is 2. The molecule has 1 aromatic heterocycles. The van der Waals surface area contributed by atoms with Crippen LogP contribution in [0.4, 0.5) is 5.69 Å². The van der Waals surface area contributed by atoms with Gasteiger partial charge in [-0.1, -0.05) is 53.2 Å². The summed E-state index contributed by atoms with van der Waals surface area (Å²) in [6.45, 7) is 0.182. The van der Waals surface area contributed by atoms with Gasteiger partial charge in [-0.05, 0) is 35.9 Å². The number of hydrogen-bond acceptors (Lipinski definition) is 6. The Morgan fingerprint density at radius 2 is 1.97 bits per heavy atom. The predicted molar refractivity (Wildman–Crippen MR) is 131 cm³/mol. The molecule has 11 heteroatoms. The number of nitrogens with one attached hydrogen (secondary N) is 2. The van der Waals surface area contributed by atoms with Gasteiger partial charge in [-0.15, -0.1) is 10.2 Å². The van der Waals surface area contributed by atoms with Crippen molar-refractivity contribution < 1.29 is 14.3 Å². The third kappa shape index (κ3) is 6.98. The standard InChI is InChI=1S/C22H21Cl2N5O3S/c1-29-19(12-25-20(30)10-7-14-5-3-4-6-16(14)24)27-28-22(29)33-13-21(31)26-17-11-15(23)8-9-18(17)32-2/h3-11H,12-13H2,1-2H3,(H,25,30)(H,26,31)/b10-7+. The van der Waals surface area contributed by atoms with Crippen LogP contribution in [0.1, 0.15) is 11.4 Å². The Hall–Kier alpha value is -3.01. The number of halogens is 2. The Balaban J connectivity index is 1.51. The van der Waals surface area contributed by atoms with Crippen LogP contribution in [0, 0.1) is 0 Å². The maximum Gasteiger partial charge on any atom is 0.244 e. The fourth-order valence-electron chi connectivity index (χ4n) is 2.72. The molecule has 8 nitrogen and oxygen atoms in total. The van der Waals surface area contributed by atoms with Gasteiger partial charge in [0, 0.05) is 23.2 Å². The third-order valence-electron chi connectivity index (χ3n) is 4.43. The zero-order chi connectivity index (χ0) is 23.8. The number of benzene rings is 2. The van der Waals surface area contributed by atoms with E-state index in [1.165, 1.54) is 24.9 Å². The number of methoxy groups -OCH3 is 1. The predicted octanol–water partition coefficient (Wildman–Crippen LogP) is 4.19. The molecule has 0 aliphatic rings. The molecule has 33 heavy (non-hydrogen) atoms. The van der Waals surface area contributed by atoms with E-state index in [9.17, 15) is 9.59 Å². The monoisotopic (exact) mass is 505 g/mol. The zero-order valence-electron chi connectivity index (χ0n) is 17.8.